The van der Waals surface area contributed by atoms with Crippen molar-refractivity contribution in [3.63, 3.8) is 0 Å². The molecule has 0 saturated heterocycles. The summed E-state index contributed by atoms with van der Waals surface area (Å²) in [5.74, 6) is -0.268. The Labute approximate surface area is 100 Å². The van der Waals surface area contributed by atoms with Gasteiger partial charge >= 0.3 is 0 Å². The molecule has 0 unspecified atom stereocenters. The molecular weight excluding hydrogens is 226 g/mol. The van der Waals surface area contributed by atoms with Crippen LogP contribution in [0.1, 0.15) is 29.8 Å². The highest BCUT2D eigenvalue weighted by Gasteiger charge is 2.16. The normalized spacial score (nSPS) is 11.3. The number of amides is 1. The predicted molar refractivity (Wildman–Crippen MR) is 64.8 cm³/mol. The maximum atomic E-state index is 11.8. The number of hydrogen-bond donors (Lipinski definition) is 2. The maximum Gasteiger partial charge on any atom is 0.252 e. The van der Waals surface area contributed by atoms with E-state index >= 15 is 0 Å². The number of aryl methyl sites for hydroxylation is 1. The van der Waals surface area contributed by atoms with Crippen LogP contribution in [0.15, 0.2) is 18.2 Å². The highest BCUT2D eigenvalue weighted by Crippen LogP contribution is 2.20. The van der Waals surface area contributed by atoms with E-state index in [1.807, 2.05) is 13.0 Å². The van der Waals surface area contributed by atoms with Crippen LogP contribution in [-0.2, 0) is 0 Å². The Balaban J connectivity index is 2.78. The quantitative estimate of drug-likeness (QED) is 0.852. The van der Waals surface area contributed by atoms with Crippen LogP contribution in [0.2, 0.25) is 5.02 Å². The summed E-state index contributed by atoms with van der Waals surface area (Å²) in [6, 6.07) is 5.28. The average Bonchev–Trinajstić information content (AvgIpc) is 2.17. The molecule has 1 rings (SSSR count). The molecule has 1 aromatic rings. The van der Waals surface area contributed by atoms with Gasteiger partial charge in [0.25, 0.3) is 5.91 Å². The highest BCUT2D eigenvalue weighted by molar-refractivity contribution is 6.34. The van der Waals surface area contributed by atoms with Crippen molar-refractivity contribution in [2.45, 2.75) is 26.4 Å². The van der Waals surface area contributed by atoms with Crippen molar-refractivity contribution in [1.29, 1.82) is 0 Å². The highest BCUT2D eigenvalue weighted by atomic mass is 35.5. The third-order valence-corrected chi connectivity index (χ3v) is 2.62. The van der Waals surface area contributed by atoms with Gasteiger partial charge in [-0.15, -0.1) is 0 Å². The van der Waals surface area contributed by atoms with Crippen molar-refractivity contribution in [2.24, 2.45) is 0 Å². The summed E-state index contributed by atoms with van der Waals surface area (Å²) in [6.07, 6.45) is 0. The first-order chi connectivity index (χ1) is 7.31. The molecule has 16 heavy (non-hydrogen) atoms. The second kappa shape index (κ2) is 4.85. The van der Waals surface area contributed by atoms with E-state index in [-0.39, 0.29) is 12.5 Å². The lowest BCUT2D eigenvalue weighted by Crippen LogP contribution is -2.38. The number of aliphatic hydroxyl groups is 1. The van der Waals surface area contributed by atoms with Gasteiger partial charge in [0.15, 0.2) is 0 Å². The first-order valence-corrected chi connectivity index (χ1v) is 5.45. The fourth-order valence-corrected chi connectivity index (χ4v) is 1.43. The van der Waals surface area contributed by atoms with Gasteiger partial charge in [-0.1, -0.05) is 23.7 Å². The van der Waals surface area contributed by atoms with Gasteiger partial charge in [-0.05, 0) is 32.4 Å². The molecule has 3 nitrogen and oxygen atoms in total. The van der Waals surface area contributed by atoms with E-state index in [4.69, 9.17) is 11.6 Å². The summed E-state index contributed by atoms with van der Waals surface area (Å²) >= 11 is 6.01. The van der Waals surface area contributed by atoms with Crippen LogP contribution in [0, 0.1) is 6.92 Å². The Morgan fingerprint density at radius 2 is 2.12 bits per heavy atom. The largest absolute Gasteiger partial charge is 0.389 e. The van der Waals surface area contributed by atoms with Crippen LogP contribution in [0.4, 0.5) is 0 Å². The first kappa shape index (κ1) is 13.0. The van der Waals surface area contributed by atoms with E-state index in [0.717, 1.165) is 5.56 Å². The molecule has 88 valence electrons. The van der Waals surface area contributed by atoms with Gasteiger partial charge in [0.1, 0.15) is 0 Å². The average molecular weight is 242 g/mol. The van der Waals surface area contributed by atoms with Gasteiger partial charge in [0, 0.05) is 6.54 Å². The van der Waals surface area contributed by atoms with Crippen molar-refractivity contribution in [2.75, 3.05) is 6.54 Å². The minimum atomic E-state index is -0.925. The summed E-state index contributed by atoms with van der Waals surface area (Å²) < 4.78 is 0. The lowest BCUT2D eigenvalue weighted by molar-refractivity contribution is 0.0694. The monoisotopic (exact) mass is 241 g/mol. The molecule has 0 aromatic heterocycles. The van der Waals surface area contributed by atoms with Crippen LogP contribution >= 0.6 is 11.6 Å². The predicted octanol–water partition coefficient (Wildman–Crippen LogP) is 2.15. The maximum absolute atomic E-state index is 11.8. The molecule has 0 aliphatic heterocycles. The minimum absolute atomic E-state index is 0.191. The molecule has 0 spiro atoms. The molecule has 1 aromatic carbocycles. The molecule has 2 N–H and O–H groups in total. The zero-order chi connectivity index (χ0) is 12.3. The number of rotatable bonds is 3. The van der Waals surface area contributed by atoms with Gasteiger partial charge in [0.05, 0.1) is 16.2 Å². The van der Waals surface area contributed by atoms with Gasteiger partial charge in [-0.3, -0.25) is 4.79 Å². The summed E-state index contributed by atoms with van der Waals surface area (Å²) in [7, 11) is 0. The number of benzene rings is 1. The molecule has 0 bridgehead atoms. The Bertz CT molecular complexity index is 396. The van der Waals surface area contributed by atoms with Gasteiger partial charge in [-0.2, -0.15) is 0 Å². The fourth-order valence-electron chi connectivity index (χ4n) is 1.21. The number of carbonyl (C=O) groups is 1. The second-order valence-corrected chi connectivity index (χ2v) is 4.81. The molecule has 0 radical (unpaired) electrons. The summed E-state index contributed by atoms with van der Waals surface area (Å²) in [5.41, 5.74) is 0.370. The smallest absolute Gasteiger partial charge is 0.252 e. The third kappa shape index (κ3) is 3.51. The molecule has 0 saturated carbocycles. The first-order valence-electron chi connectivity index (χ1n) is 5.07. The van der Waals surface area contributed by atoms with Crippen molar-refractivity contribution < 1.29 is 9.90 Å². The van der Waals surface area contributed by atoms with Crippen molar-refractivity contribution in [1.82, 2.24) is 5.32 Å². The van der Waals surface area contributed by atoms with E-state index in [0.29, 0.717) is 10.6 Å². The van der Waals surface area contributed by atoms with Crippen LogP contribution in [0.5, 0.6) is 0 Å². The Morgan fingerprint density at radius 3 is 2.69 bits per heavy atom. The van der Waals surface area contributed by atoms with E-state index in [2.05, 4.69) is 5.32 Å². The zero-order valence-electron chi connectivity index (χ0n) is 9.67. The van der Waals surface area contributed by atoms with Crippen LogP contribution in [0.3, 0.4) is 0 Å². The lowest BCUT2D eigenvalue weighted by Gasteiger charge is -2.18. The number of halogens is 1. The van der Waals surface area contributed by atoms with Gasteiger partial charge in [0.2, 0.25) is 0 Å². The van der Waals surface area contributed by atoms with Crippen molar-refractivity contribution >= 4 is 17.5 Å². The van der Waals surface area contributed by atoms with E-state index < -0.39 is 5.60 Å². The summed E-state index contributed by atoms with van der Waals surface area (Å²) in [6.45, 7) is 5.29. The topological polar surface area (TPSA) is 49.3 Å². The van der Waals surface area contributed by atoms with Crippen LogP contribution in [0.25, 0.3) is 0 Å². The molecule has 4 heteroatoms. The molecule has 0 aliphatic carbocycles. The molecule has 1 amide bonds. The SMILES string of the molecule is Cc1cccc(C(=O)NCC(C)(C)O)c1Cl. The summed E-state index contributed by atoms with van der Waals surface area (Å²) in [4.78, 5) is 11.8. The second-order valence-electron chi connectivity index (χ2n) is 4.43. The molecule has 0 atom stereocenters. The number of carbonyl (C=O) groups excluding carboxylic acids is 1. The lowest BCUT2D eigenvalue weighted by atomic mass is 10.1. The summed E-state index contributed by atoms with van der Waals surface area (Å²) in [5, 5.41) is 12.6. The minimum Gasteiger partial charge on any atom is -0.389 e. The van der Waals surface area contributed by atoms with E-state index in [9.17, 15) is 9.90 Å². The molecule has 0 aliphatic rings. The Hall–Kier alpha value is -1.06. The standard InChI is InChI=1S/C12H16ClNO2/c1-8-5-4-6-9(10(8)13)11(15)14-7-12(2,3)16/h4-6,16H,7H2,1-3H3,(H,14,15). The van der Waals surface area contributed by atoms with Gasteiger partial charge in [-0.25, -0.2) is 0 Å². The Morgan fingerprint density at radius 1 is 1.50 bits per heavy atom. The Kier molecular flexibility index (Phi) is 3.94. The van der Waals surface area contributed by atoms with Crippen molar-refractivity contribution in [3.05, 3.63) is 34.3 Å². The molecule has 0 fully saturated rings. The molecule has 0 heterocycles. The fraction of sp³-hybridized carbons (Fsp3) is 0.417. The zero-order valence-corrected chi connectivity index (χ0v) is 10.4. The molecular formula is C12H16ClNO2. The van der Waals surface area contributed by atoms with Crippen molar-refractivity contribution in [3.8, 4) is 0 Å². The van der Waals surface area contributed by atoms with E-state index in [1.165, 1.54) is 0 Å². The van der Waals surface area contributed by atoms with Gasteiger partial charge < -0.3 is 10.4 Å². The van der Waals surface area contributed by atoms with Crippen LogP contribution < -0.4 is 5.32 Å². The van der Waals surface area contributed by atoms with Crippen LogP contribution in [-0.4, -0.2) is 23.2 Å². The number of nitrogens with one attached hydrogen (secondary N) is 1. The van der Waals surface area contributed by atoms with E-state index in [1.54, 1.807) is 26.0 Å². The number of hydrogen-bond acceptors (Lipinski definition) is 2. The third-order valence-electron chi connectivity index (χ3n) is 2.12.